The van der Waals surface area contributed by atoms with Gasteiger partial charge in [0.2, 0.25) is 11.8 Å². The zero-order chi connectivity index (χ0) is 24.2. The number of likely N-dealkylation sites (N-methyl/N-ethyl adjacent to an activating group) is 1. The number of rotatable bonds is 6. The number of carbonyl (C=O) groups excluding carboxylic acids is 2. The van der Waals surface area contributed by atoms with Crippen LogP contribution >= 0.6 is 12.4 Å². The number of carbonyl (C=O) groups is 2. The van der Waals surface area contributed by atoms with Gasteiger partial charge in [-0.2, -0.15) is 5.26 Å². The fourth-order valence-corrected chi connectivity index (χ4v) is 4.40. The third-order valence-corrected chi connectivity index (χ3v) is 6.45. The van der Waals surface area contributed by atoms with E-state index in [2.05, 4.69) is 16.7 Å². The van der Waals surface area contributed by atoms with Crippen LogP contribution in [0, 0.1) is 11.3 Å². The van der Waals surface area contributed by atoms with Gasteiger partial charge in [0.15, 0.2) is 0 Å². The van der Waals surface area contributed by atoms with Crippen molar-refractivity contribution in [3.05, 3.63) is 71.3 Å². The highest BCUT2D eigenvalue weighted by Crippen LogP contribution is 2.34. The summed E-state index contributed by atoms with van der Waals surface area (Å²) in [4.78, 5) is 28.1. The van der Waals surface area contributed by atoms with Gasteiger partial charge in [-0.15, -0.1) is 12.4 Å². The third kappa shape index (κ3) is 5.24. The van der Waals surface area contributed by atoms with Crippen molar-refractivity contribution in [3.8, 4) is 11.8 Å². The van der Waals surface area contributed by atoms with Gasteiger partial charge in [-0.1, -0.05) is 30.3 Å². The number of nitrogens with zero attached hydrogens (tertiary/aromatic N) is 2. The quantitative estimate of drug-likeness (QED) is 0.547. The van der Waals surface area contributed by atoms with Crippen LogP contribution in [0.4, 0.5) is 5.69 Å². The van der Waals surface area contributed by atoms with E-state index in [-0.39, 0.29) is 30.8 Å². The SMILES string of the molecule is CN[C@@H](C)C(=O)N[C@H]1CCc2ccccc2N(Cc2c(OC)ccc3cc(C#N)ccc23)C1=O.Cl. The second-order valence-electron chi connectivity index (χ2n) is 8.46. The van der Waals surface area contributed by atoms with Crippen LogP contribution in [0.15, 0.2) is 54.6 Å². The number of nitrogens with one attached hydrogen (secondary N) is 2. The Hall–Kier alpha value is -3.60. The first-order chi connectivity index (χ1) is 16.5. The Kier molecular flexibility index (Phi) is 8.34. The van der Waals surface area contributed by atoms with Crippen molar-refractivity contribution in [3.63, 3.8) is 0 Å². The van der Waals surface area contributed by atoms with Crippen LogP contribution in [0.1, 0.15) is 30.0 Å². The molecule has 0 saturated carbocycles. The van der Waals surface area contributed by atoms with E-state index in [9.17, 15) is 14.9 Å². The molecule has 0 fully saturated rings. The van der Waals surface area contributed by atoms with Crippen LogP contribution in [0.25, 0.3) is 10.8 Å². The smallest absolute Gasteiger partial charge is 0.249 e. The van der Waals surface area contributed by atoms with Crippen molar-refractivity contribution >= 4 is 40.7 Å². The Morgan fingerprint density at radius 2 is 2.00 bits per heavy atom. The van der Waals surface area contributed by atoms with Crippen LogP contribution in [0.2, 0.25) is 0 Å². The molecule has 7 nitrogen and oxygen atoms in total. The number of fused-ring (bicyclic) bond motifs is 2. The minimum Gasteiger partial charge on any atom is -0.496 e. The summed E-state index contributed by atoms with van der Waals surface area (Å²) in [6.07, 6.45) is 1.20. The maximum Gasteiger partial charge on any atom is 0.249 e. The van der Waals surface area contributed by atoms with Gasteiger partial charge in [-0.25, -0.2) is 0 Å². The fourth-order valence-electron chi connectivity index (χ4n) is 4.40. The van der Waals surface area contributed by atoms with E-state index in [0.717, 1.165) is 27.6 Å². The molecule has 8 heteroatoms. The van der Waals surface area contributed by atoms with E-state index in [0.29, 0.717) is 24.2 Å². The highest BCUT2D eigenvalue weighted by molar-refractivity contribution is 6.01. The van der Waals surface area contributed by atoms with Crippen molar-refractivity contribution in [2.24, 2.45) is 0 Å². The molecule has 1 aliphatic heterocycles. The van der Waals surface area contributed by atoms with Crippen LogP contribution in [-0.4, -0.2) is 38.1 Å². The lowest BCUT2D eigenvalue weighted by Gasteiger charge is -2.28. The maximum absolute atomic E-state index is 13.8. The van der Waals surface area contributed by atoms with Crippen molar-refractivity contribution in [2.75, 3.05) is 19.1 Å². The second-order valence-corrected chi connectivity index (χ2v) is 8.46. The Morgan fingerprint density at radius 3 is 2.71 bits per heavy atom. The summed E-state index contributed by atoms with van der Waals surface area (Å²) in [6, 6.07) is 18.3. The molecular weight excluding hydrogens is 464 g/mol. The molecule has 2 atom stereocenters. The molecule has 4 rings (SSSR count). The number of benzene rings is 3. The lowest BCUT2D eigenvalue weighted by molar-refractivity contribution is -0.128. The van der Waals surface area contributed by atoms with Crippen molar-refractivity contribution in [2.45, 2.75) is 38.4 Å². The number of ether oxygens (including phenoxy) is 1. The number of nitriles is 1. The van der Waals surface area contributed by atoms with E-state index >= 15 is 0 Å². The van der Waals surface area contributed by atoms with Crippen molar-refractivity contribution in [1.29, 1.82) is 5.26 Å². The van der Waals surface area contributed by atoms with Crippen LogP contribution < -0.4 is 20.3 Å². The number of amides is 2. The summed E-state index contributed by atoms with van der Waals surface area (Å²) in [6.45, 7) is 2.04. The number of anilines is 1. The van der Waals surface area contributed by atoms with Gasteiger partial charge >= 0.3 is 0 Å². The molecule has 182 valence electrons. The molecule has 0 unspecified atom stereocenters. The van der Waals surface area contributed by atoms with Crippen LogP contribution in [0.3, 0.4) is 0 Å². The van der Waals surface area contributed by atoms with E-state index in [1.165, 1.54) is 0 Å². The predicted octanol–water partition coefficient (Wildman–Crippen LogP) is 3.71. The Balaban J connectivity index is 0.00000342. The molecule has 0 aromatic heterocycles. The average molecular weight is 493 g/mol. The molecule has 0 aliphatic carbocycles. The normalized spacial score (nSPS) is 15.9. The zero-order valence-corrected chi connectivity index (χ0v) is 20.8. The molecule has 0 saturated heterocycles. The molecule has 2 N–H and O–H groups in total. The molecule has 3 aromatic rings. The summed E-state index contributed by atoms with van der Waals surface area (Å²) in [5.41, 5.74) is 3.31. The van der Waals surface area contributed by atoms with Gasteiger partial charge < -0.3 is 20.3 Å². The van der Waals surface area contributed by atoms with Gasteiger partial charge in [0.05, 0.1) is 31.3 Å². The molecule has 2 amide bonds. The van der Waals surface area contributed by atoms with Crippen LogP contribution in [-0.2, 0) is 22.6 Å². The lowest BCUT2D eigenvalue weighted by atomic mass is 10.0. The number of aryl methyl sites for hydroxylation is 1. The fraction of sp³-hybridized carbons (Fsp3) is 0.296. The largest absolute Gasteiger partial charge is 0.496 e. The minimum atomic E-state index is -0.637. The maximum atomic E-state index is 13.8. The number of hydrogen-bond donors (Lipinski definition) is 2. The van der Waals surface area contributed by atoms with E-state index in [1.54, 1.807) is 32.0 Å². The highest BCUT2D eigenvalue weighted by atomic mass is 35.5. The van der Waals surface area contributed by atoms with E-state index < -0.39 is 12.1 Å². The number of halogens is 1. The Bertz CT molecular complexity index is 1290. The van der Waals surface area contributed by atoms with Gasteiger partial charge in [-0.3, -0.25) is 9.59 Å². The van der Waals surface area contributed by atoms with Gasteiger partial charge in [0.25, 0.3) is 0 Å². The number of methoxy groups -OCH3 is 1. The Morgan fingerprint density at radius 1 is 1.23 bits per heavy atom. The van der Waals surface area contributed by atoms with Gasteiger partial charge in [0, 0.05) is 11.3 Å². The lowest BCUT2D eigenvalue weighted by Crippen LogP contribution is -2.52. The predicted molar refractivity (Wildman–Crippen MR) is 139 cm³/mol. The highest BCUT2D eigenvalue weighted by Gasteiger charge is 2.32. The van der Waals surface area contributed by atoms with Gasteiger partial charge in [0.1, 0.15) is 11.8 Å². The van der Waals surface area contributed by atoms with Crippen molar-refractivity contribution in [1.82, 2.24) is 10.6 Å². The number of hydrogen-bond acceptors (Lipinski definition) is 5. The van der Waals surface area contributed by atoms with E-state index in [4.69, 9.17) is 4.74 Å². The Labute approximate surface area is 211 Å². The molecule has 1 aliphatic rings. The van der Waals surface area contributed by atoms with E-state index in [1.807, 2.05) is 48.5 Å². The topological polar surface area (TPSA) is 94.5 Å². The van der Waals surface area contributed by atoms with Crippen molar-refractivity contribution < 1.29 is 14.3 Å². The number of para-hydroxylation sites is 1. The standard InChI is InChI=1S/C27H28N4O3.ClH/c1-17(29-2)26(32)30-23-12-9-19-6-4-5-7-24(19)31(27(23)33)16-22-21-11-8-18(15-28)14-20(21)10-13-25(22)34-3;/h4-8,10-11,13-14,17,23,29H,9,12,16H2,1-3H3,(H,30,32);1H/t17-,23-;/m0./s1. The first-order valence-electron chi connectivity index (χ1n) is 11.3. The first kappa shape index (κ1) is 26.0. The summed E-state index contributed by atoms with van der Waals surface area (Å²) in [5.74, 6) is 0.295. The molecule has 0 radical (unpaired) electrons. The summed E-state index contributed by atoms with van der Waals surface area (Å²) >= 11 is 0. The monoisotopic (exact) mass is 492 g/mol. The summed E-state index contributed by atoms with van der Waals surface area (Å²) < 4.78 is 5.66. The molecule has 0 bridgehead atoms. The average Bonchev–Trinajstić information content (AvgIpc) is 3.00. The second kappa shape index (κ2) is 11.2. The molecule has 0 spiro atoms. The molecular formula is C27H29ClN4O3. The third-order valence-electron chi connectivity index (χ3n) is 6.45. The summed E-state index contributed by atoms with van der Waals surface area (Å²) in [5, 5.41) is 17.0. The molecule has 35 heavy (non-hydrogen) atoms. The minimum absolute atomic E-state index is 0. The first-order valence-corrected chi connectivity index (χ1v) is 11.3. The zero-order valence-electron chi connectivity index (χ0n) is 20.0. The van der Waals surface area contributed by atoms with Gasteiger partial charge in [-0.05, 0) is 67.4 Å². The van der Waals surface area contributed by atoms with Crippen LogP contribution in [0.5, 0.6) is 5.75 Å². The molecule has 1 heterocycles. The molecule has 3 aromatic carbocycles. The summed E-state index contributed by atoms with van der Waals surface area (Å²) in [7, 11) is 3.32.